The molecule has 7 nitrogen and oxygen atoms in total. The second kappa shape index (κ2) is 13.5. The minimum absolute atomic E-state index is 0.0483. The van der Waals surface area contributed by atoms with Gasteiger partial charge in [-0.3, -0.25) is 13.9 Å². The first kappa shape index (κ1) is 31.5. The SMILES string of the molecule is Cc1cccc(N(CC(=O)N(Cc2c(Cl)cccc2Cl)C(C)C(=O)NCC(C)C)S(=O)(=O)c2ccccc2)c1C. The molecule has 3 aromatic carbocycles. The van der Waals surface area contributed by atoms with Gasteiger partial charge in [0.05, 0.1) is 10.6 Å². The van der Waals surface area contributed by atoms with E-state index in [1.807, 2.05) is 33.8 Å². The smallest absolute Gasteiger partial charge is 0.264 e. The number of rotatable bonds is 11. The highest BCUT2D eigenvalue weighted by Crippen LogP contribution is 2.30. The van der Waals surface area contributed by atoms with Gasteiger partial charge < -0.3 is 10.2 Å². The normalized spacial score (nSPS) is 12.2. The Morgan fingerprint density at radius 1 is 0.875 bits per heavy atom. The fraction of sp³-hybridized carbons (Fsp3) is 0.333. The van der Waals surface area contributed by atoms with E-state index in [2.05, 4.69) is 5.32 Å². The van der Waals surface area contributed by atoms with Crippen molar-refractivity contribution in [1.82, 2.24) is 10.2 Å². The summed E-state index contributed by atoms with van der Waals surface area (Å²) in [5.41, 5.74) is 2.44. The highest BCUT2D eigenvalue weighted by molar-refractivity contribution is 7.92. The van der Waals surface area contributed by atoms with Gasteiger partial charge in [0.15, 0.2) is 0 Å². The molecule has 0 bridgehead atoms. The van der Waals surface area contributed by atoms with Crippen molar-refractivity contribution in [3.63, 3.8) is 0 Å². The summed E-state index contributed by atoms with van der Waals surface area (Å²) in [7, 11) is -4.15. The number of amides is 2. The minimum Gasteiger partial charge on any atom is -0.354 e. The second-order valence-electron chi connectivity index (χ2n) is 10.1. The van der Waals surface area contributed by atoms with Crippen LogP contribution in [0.2, 0.25) is 10.0 Å². The van der Waals surface area contributed by atoms with E-state index in [4.69, 9.17) is 23.2 Å². The molecule has 0 spiro atoms. The lowest BCUT2D eigenvalue weighted by molar-refractivity contribution is -0.139. The van der Waals surface area contributed by atoms with Gasteiger partial charge in [-0.15, -0.1) is 0 Å². The summed E-state index contributed by atoms with van der Waals surface area (Å²) in [4.78, 5) is 28.6. The molecule has 0 fully saturated rings. The number of carbonyl (C=O) groups excluding carboxylic acids is 2. The van der Waals surface area contributed by atoms with E-state index in [1.54, 1.807) is 55.5 Å². The molecule has 1 N–H and O–H groups in total. The molecule has 3 rings (SSSR count). The molecule has 214 valence electrons. The molecular formula is C30H35Cl2N3O4S. The monoisotopic (exact) mass is 603 g/mol. The summed E-state index contributed by atoms with van der Waals surface area (Å²) in [5.74, 6) is -0.743. The van der Waals surface area contributed by atoms with Crippen molar-refractivity contribution in [2.24, 2.45) is 5.92 Å². The summed E-state index contributed by atoms with van der Waals surface area (Å²) in [6.07, 6.45) is 0. The van der Waals surface area contributed by atoms with Crippen LogP contribution in [0.25, 0.3) is 0 Å². The molecule has 1 unspecified atom stereocenters. The predicted octanol–water partition coefficient (Wildman–Crippen LogP) is 6.00. The molecule has 2 amide bonds. The summed E-state index contributed by atoms with van der Waals surface area (Å²) in [6.45, 7) is 9.03. The maximum atomic E-state index is 14.1. The lowest BCUT2D eigenvalue weighted by Gasteiger charge is -2.33. The molecule has 0 saturated carbocycles. The van der Waals surface area contributed by atoms with Crippen molar-refractivity contribution in [2.45, 2.75) is 52.1 Å². The van der Waals surface area contributed by atoms with Crippen molar-refractivity contribution in [3.05, 3.63) is 93.5 Å². The van der Waals surface area contributed by atoms with Crippen molar-refractivity contribution >= 4 is 50.7 Å². The van der Waals surface area contributed by atoms with E-state index in [0.717, 1.165) is 15.4 Å². The Hall–Kier alpha value is -3.07. The van der Waals surface area contributed by atoms with E-state index in [1.165, 1.54) is 17.0 Å². The maximum absolute atomic E-state index is 14.1. The fourth-order valence-corrected chi connectivity index (χ4v) is 6.14. The topological polar surface area (TPSA) is 86.8 Å². The molecule has 0 aliphatic carbocycles. The van der Waals surface area contributed by atoms with Crippen molar-refractivity contribution in [3.8, 4) is 0 Å². The largest absolute Gasteiger partial charge is 0.354 e. The average Bonchev–Trinajstić information content (AvgIpc) is 2.92. The zero-order chi connectivity index (χ0) is 29.6. The number of nitrogens with zero attached hydrogens (tertiary/aromatic N) is 2. The third kappa shape index (κ3) is 7.36. The van der Waals surface area contributed by atoms with Gasteiger partial charge in [-0.1, -0.05) is 73.4 Å². The van der Waals surface area contributed by atoms with Gasteiger partial charge in [-0.05, 0) is 68.1 Å². The Balaban J connectivity index is 2.08. The Morgan fingerprint density at radius 2 is 1.48 bits per heavy atom. The number of benzene rings is 3. The Kier molecular flexibility index (Phi) is 10.6. The number of hydrogen-bond acceptors (Lipinski definition) is 4. The quantitative estimate of drug-likeness (QED) is 0.291. The Labute approximate surface area is 247 Å². The summed E-state index contributed by atoms with van der Waals surface area (Å²) in [5, 5.41) is 3.53. The van der Waals surface area contributed by atoms with Gasteiger partial charge in [-0.25, -0.2) is 8.42 Å². The highest BCUT2D eigenvalue weighted by Gasteiger charge is 2.33. The summed E-state index contributed by atoms with van der Waals surface area (Å²) < 4.78 is 29.0. The van der Waals surface area contributed by atoms with Crippen LogP contribution in [-0.2, 0) is 26.2 Å². The van der Waals surface area contributed by atoms with Crippen LogP contribution >= 0.6 is 23.2 Å². The molecule has 0 saturated heterocycles. The van der Waals surface area contributed by atoms with Crippen LogP contribution in [0.15, 0.2) is 71.6 Å². The molecule has 0 aliphatic heterocycles. The zero-order valence-corrected chi connectivity index (χ0v) is 25.6. The van der Waals surface area contributed by atoms with Gasteiger partial charge in [0.1, 0.15) is 12.6 Å². The van der Waals surface area contributed by atoms with E-state index >= 15 is 0 Å². The van der Waals surface area contributed by atoms with E-state index in [-0.39, 0.29) is 23.3 Å². The maximum Gasteiger partial charge on any atom is 0.264 e. The predicted molar refractivity (Wildman–Crippen MR) is 161 cm³/mol. The third-order valence-corrected chi connectivity index (χ3v) is 9.18. The summed E-state index contributed by atoms with van der Waals surface area (Å²) in [6, 6.07) is 17.3. The lowest BCUT2D eigenvalue weighted by atomic mass is 10.1. The van der Waals surface area contributed by atoms with Crippen LogP contribution in [0.4, 0.5) is 5.69 Å². The lowest BCUT2D eigenvalue weighted by Crippen LogP contribution is -2.51. The second-order valence-corrected chi connectivity index (χ2v) is 12.8. The number of sulfonamides is 1. The minimum atomic E-state index is -4.15. The van der Waals surface area contributed by atoms with Gasteiger partial charge in [0.25, 0.3) is 10.0 Å². The van der Waals surface area contributed by atoms with Gasteiger partial charge >= 0.3 is 0 Å². The molecule has 0 radical (unpaired) electrons. The zero-order valence-electron chi connectivity index (χ0n) is 23.3. The van der Waals surface area contributed by atoms with Gasteiger partial charge in [0, 0.05) is 28.7 Å². The van der Waals surface area contributed by atoms with Crippen LogP contribution in [-0.4, -0.2) is 44.3 Å². The molecular weight excluding hydrogens is 569 g/mol. The number of carbonyl (C=O) groups is 2. The molecule has 10 heteroatoms. The Bertz CT molecular complexity index is 1440. The van der Waals surface area contributed by atoms with Crippen LogP contribution < -0.4 is 9.62 Å². The molecule has 40 heavy (non-hydrogen) atoms. The highest BCUT2D eigenvalue weighted by atomic mass is 35.5. The third-order valence-electron chi connectivity index (χ3n) is 6.70. The van der Waals surface area contributed by atoms with E-state index in [0.29, 0.717) is 27.8 Å². The molecule has 0 aromatic heterocycles. The standard InChI is InChI=1S/C30H35Cl2N3O4S/c1-20(2)17-33-30(37)23(5)34(18-25-26(31)14-10-15-27(25)32)29(36)19-35(28-16-9-11-21(3)22(28)4)40(38,39)24-12-7-6-8-13-24/h6-16,20,23H,17-19H2,1-5H3,(H,33,37). The summed E-state index contributed by atoms with van der Waals surface area (Å²) >= 11 is 12.9. The van der Waals surface area contributed by atoms with Gasteiger partial charge in [0.2, 0.25) is 11.8 Å². The van der Waals surface area contributed by atoms with Crippen LogP contribution in [0.3, 0.4) is 0 Å². The van der Waals surface area contributed by atoms with Crippen LogP contribution in [0.5, 0.6) is 0 Å². The molecule has 0 aliphatic rings. The molecule has 1 atom stereocenters. The number of anilines is 1. The van der Waals surface area contributed by atoms with Crippen molar-refractivity contribution < 1.29 is 18.0 Å². The van der Waals surface area contributed by atoms with Crippen LogP contribution in [0, 0.1) is 19.8 Å². The van der Waals surface area contributed by atoms with E-state index in [9.17, 15) is 18.0 Å². The molecule has 3 aromatic rings. The van der Waals surface area contributed by atoms with E-state index < -0.39 is 28.5 Å². The van der Waals surface area contributed by atoms with Gasteiger partial charge in [-0.2, -0.15) is 0 Å². The number of aryl methyl sites for hydroxylation is 1. The van der Waals surface area contributed by atoms with Crippen molar-refractivity contribution in [1.29, 1.82) is 0 Å². The van der Waals surface area contributed by atoms with Crippen LogP contribution in [0.1, 0.15) is 37.5 Å². The first-order chi connectivity index (χ1) is 18.8. The first-order valence-corrected chi connectivity index (χ1v) is 15.2. The Morgan fingerprint density at radius 3 is 2.08 bits per heavy atom. The number of hydrogen-bond donors (Lipinski definition) is 1. The first-order valence-electron chi connectivity index (χ1n) is 13.0. The number of nitrogens with one attached hydrogen (secondary N) is 1. The average molecular weight is 605 g/mol. The number of halogens is 2. The fourth-order valence-electron chi connectivity index (χ4n) is 4.13. The molecule has 0 heterocycles. The van der Waals surface area contributed by atoms with Crippen molar-refractivity contribution in [2.75, 3.05) is 17.4 Å².